The minimum atomic E-state index is -2.00. The molecule has 7 heteroatoms. The average molecular weight is 364 g/mol. The van der Waals surface area contributed by atoms with Crippen molar-refractivity contribution in [3.8, 4) is 0 Å². The van der Waals surface area contributed by atoms with Crippen molar-refractivity contribution >= 4 is 26.6 Å². The normalized spacial score (nSPS) is 23.3. The third-order valence-corrected chi connectivity index (χ3v) is 7.97. The number of H-pyrrole nitrogens is 1. The molecule has 0 radical (unpaired) electrons. The smallest absolute Gasteiger partial charge is 0.142 e. The summed E-state index contributed by atoms with van der Waals surface area (Å²) in [6.45, 7) is 4.63. The van der Waals surface area contributed by atoms with Crippen LogP contribution in [0.25, 0.3) is 11.0 Å². The maximum absolute atomic E-state index is 12.8. The molecule has 0 amide bonds. The van der Waals surface area contributed by atoms with Crippen LogP contribution in [0.1, 0.15) is 39.5 Å². The SMILES string of the molecule is CCN=S(=O)(CC)CC1CCC(N(C)c2ncnc3[nH]ccc23)CC1. The van der Waals surface area contributed by atoms with Crippen molar-refractivity contribution in [2.75, 3.05) is 30.0 Å². The summed E-state index contributed by atoms with van der Waals surface area (Å²) >= 11 is 0. The summed E-state index contributed by atoms with van der Waals surface area (Å²) in [6, 6.07) is 2.51. The lowest BCUT2D eigenvalue weighted by molar-refractivity contribution is 0.342. The van der Waals surface area contributed by atoms with E-state index in [1.807, 2.05) is 26.1 Å². The first kappa shape index (κ1) is 18.2. The van der Waals surface area contributed by atoms with Crippen LogP contribution in [0.4, 0.5) is 5.82 Å². The van der Waals surface area contributed by atoms with Crippen molar-refractivity contribution < 1.29 is 4.21 Å². The van der Waals surface area contributed by atoms with E-state index in [9.17, 15) is 4.21 Å². The number of nitrogens with one attached hydrogen (secondary N) is 1. The summed E-state index contributed by atoms with van der Waals surface area (Å²) in [6.07, 6.45) is 8.00. The molecule has 0 bridgehead atoms. The van der Waals surface area contributed by atoms with Crippen LogP contribution in [0.2, 0.25) is 0 Å². The Morgan fingerprint density at radius 3 is 2.72 bits per heavy atom. The molecule has 2 aromatic rings. The number of hydrogen-bond donors (Lipinski definition) is 1. The first-order valence-electron chi connectivity index (χ1n) is 9.25. The highest BCUT2D eigenvalue weighted by Gasteiger charge is 2.27. The molecule has 3 rings (SSSR count). The molecular weight excluding hydrogens is 334 g/mol. The topological polar surface area (TPSA) is 74.2 Å². The highest BCUT2D eigenvalue weighted by atomic mass is 32.2. The van der Waals surface area contributed by atoms with Gasteiger partial charge in [-0.15, -0.1) is 0 Å². The van der Waals surface area contributed by atoms with E-state index in [4.69, 9.17) is 0 Å². The second-order valence-electron chi connectivity index (χ2n) is 6.90. The second kappa shape index (κ2) is 7.72. The fraction of sp³-hybridized carbons (Fsp3) is 0.667. The van der Waals surface area contributed by atoms with E-state index in [0.29, 0.717) is 24.3 Å². The molecule has 0 saturated heterocycles. The van der Waals surface area contributed by atoms with E-state index in [1.165, 1.54) is 0 Å². The molecule has 1 aliphatic rings. The number of aromatic nitrogens is 3. The third-order valence-electron chi connectivity index (χ3n) is 5.34. The van der Waals surface area contributed by atoms with Gasteiger partial charge in [0.25, 0.3) is 0 Å². The van der Waals surface area contributed by atoms with E-state index in [0.717, 1.165) is 48.3 Å². The van der Waals surface area contributed by atoms with E-state index >= 15 is 0 Å². The fourth-order valence-corrected chi connectivity index (χ4v) is 5.94. The Kier molecular flexibility index (Phi) is 5.61. The molecule has 1 N–H and O–H groups in total. The standard InChI is InChI=1S/C18H29N5OS/c1-4-22-25(24,5-2)12-14-6-8-15(9-7-14)23(3)18-16-10-11-19-17(16)20-13-21-18/h10-11,13-15H,4-9,12H2,1-3H3,(H,19,20,21). The summed E-state index contributed by atoms with van der Waals surface area (Å²) in [5, 5.41) is 1.07. The van der Waals surface area contributed by atoms with Gasteiger partial charge >= 0.3 is 0 Å². The van der Waals surface area contributed by atoms with Gasteiger partial charge in [-0.25, -0.2) is 18.5 Å². The van der Waals surface area contributed by atoms with Gasteiger partial charge in [-0.05, 0) is 44.6 Å². The minimum absolute atomic E-state index is 0.477. The summed E-state index contributed by atoms with van der Waals surface area (Å²) in [4.78, 5) is 14.2. The number of fused-ring (bicyclic) bond motifs is 1. The molecule has 2 aromatic heterocycles. The second-order valence-corrected chi connectivity index (χ2v) is 9.61. The van der Waals surface area contributed by atoms with Crippen LogP contribution in [0, 0.1) is 5.92 Å². The lowest BCUT2D eigenvalue weighted by Crippen LogP contribution is -2.37. The molecular formula is C18H29N5OS. The highest BCUT2D eigenvalue weighted by molar-refractivity contribution is 7.93. The van der Waals surface area contributed by atoms with E-state index in [-0.39, 0.29) is 0 Å². The summed E-state index contributed by atoms with van der Waals surface area (Å²) in [5.74, 6) is 2.97. The van der Waals surface area contributed by atoms with Crippen LogP contribution in [-0.4, -0.2) is 50.3 Å². The Morgan fingerprint density at radius 2 is 2.04 bits per heavy atom. The zero-order chi connectivity index (χ0) is 17.9. The number of nitrogens with zero attached hydrogens (tertiary/aromatic N) is 4. The van der Waals surface area contributed by atoms with Crippen LogP contribution >= 0.6 is 0 Å². The Morgan fingerprint density at radius 1 is 1.28 bits per heavy atom. The zero-order valence-corrected chi connectivity index (χ0v) is 16.3. The predicted octanol–water partition coefficient (Wildman–Crippen LogP) is 3.46. The van der Waals surface area contributed by atoms with E-state index in [2.05, 4.69) is 31.3 Å². The Bertz CT molecular complexity index is 816. The molecule has 1 atom stereocenters. The van der Waals surface area contributed by atoms with Gasteiger partial charge in [0, 0.05) is 47.1 Å². The van der Waals surface area contributed by atoms with Gasteiger partial charge in [0.2, 0.25) is 0 Å². The fourth-order valence-electron chi connectivity index (χ4n) is 3.88. The van der Waals surface area contributed by atoms with Crippen molar-refractivity contribution in [1.82, 2.24) is 15.0 Å². The van der Waals surface area contributed by atoms with Crippen LogP contribution < -0.4 is 4.90 Å². The van der Waals surface area contributed by atoms with E-state index < -0.39 is 9.73 Å². The number of hydrogen-bond acceptors (Lipinski definition) is 5. The Balaban J connectivity index is 1.65. The van der Waals surface area contributed by atoms with Gasteiger partial charge in [0.1, 0.15) is 17.8 Å². The molecule has 2 heterocycles. The maximum Gasteiger partial charge on any atom is 0.142 e. The largest absolute Gasteiger partial charge is 0.356 e. The molecule has 1 fully saturated rings. The Labute approximate surface area is 150 Å². The monoisotopic (exact) mass is 363 g/mol. The van der Waals surface area contributed by atoms with Crippen molar-refractivity contribution in [1.29, 1.82) is 0 Å². The summed E-state index contributed by atoms with van der Waals surface area (Å²) in [5.41, 5.74) is 0.884. The lowest BCUT2D eigenvalue weighted by Gasteiger charge is -2.35. The molecule has 0 spiro atoms. The summed E-state index contributed by atoms with van der Waals surface area (Å²) in [7, 11) is 0.125. The third kappa shape index (κ3) is 3.97. The molecule has 25 heavy (non-hydrogen) atoms. The van der Waals surface area contributed by atoms with E-state index in [1.54, 1.807) is 6.33 Å². The quantitative estimate of drug-likeness (QED) is 0.853. The van der Waals surface area contributed by atoms with Crippen LogP contribution in [0.5, 0.6) is 0 Å². The number of aromatic amines is 1. The van der Waals surface area contributed by atoms with Gasteiger partial charge in [0.05, 0.1) is 5.39 Å². The van der Waals surface area contributed by atoms with Crippen LogP contribution in [0.15, 0.2) is 23.0 Å². The first-order chi connectivity index (χ1) is 12.1. The number of anilines is 1. The lowest BCUT2D eigenvalue weighted by atomic mass is 9.86. The van der Waals surface area contributed by atoms with Crippen molar-refractivity contribution in [2.24, 2.45) is 10.3 Å². The minimum Gasteiger partial charge on any atom is -0.356 e. The molecule has 1 aliphatic carbocycles. The average Bonchev–Trinajstić information content (AvgIpc) is 3.10. The van der Waals surface area contributed by atoms with Crippen LogP contribution in [0.3, 0.4) is 0 Å². The maximum atomic E-state index is 12.8. The van der Waals surface area contributed by atoms with Crippen molar-refractivity contribution in [3.05, 3.63) is 18.6 Å². The molecule has 0 aromatic carbocycles. The number of rotatable bonds is 6. The van der Waals surface area contributed by atoms with Crippen molar-refractivity contribution in [2.45, 2.75) is 45.6 Å². The van der Waals surface area contributed by atoms with Crippen LogP contribution in [-0.2, 0) is 9.73 Å². The molecule has 138 valence electrons. The van der Waals surface area contributed by atoms with Gasteiger partial charge in [-0.1, -0.05) is 6.92 Å². The summed E-state index contributed by atoms with van der Waals surface area (Å²) < 4.78 is 17.2. The van der Waals surface area contributed by atoms with Gasteiger partial charge in [-0.3, -0.25) is 0 Å². The first-order valence-corrected chi connectivity index (χ1v) is 11.1. The van der Waals surface area contributed by atoms with Crippen molar-refractivity contribution in [3.63, 3.8) is 0 Å². The predicted molar refractivity (Wildman–Crippen MR) is 105 cm³/mol. The molecule has 1 saturated carbocycles. The Hall–Kier alpha value is -1.63. The van der Waals surface area contributed by atoms with Gasteiger partial charge in [-0.2, -0.15) is 0 Å². The highest BCUT2D eigenvalue weighted by Crippen LogP contribution is 2.32. The zero-order valence-electron chi connectivity index (χ0n) is 15.4. The van der Waals surface area contributed by atoms with Gasteiger partial charge in [0.15, 0.2) is 0 Å². The molecule has 1 unspecified atom stereocenters. The van der Waals surface area contributed by atoms with Gasteiger partial charge < -0.3 is 9.88 Å². The molecule has 0 aliphatic heterocycles. The molecule has 6 nitrogen and oxygen atoms in total.